The third kappa shape index (κ3) is 1.21. The molecule has 1 nitrogen and oxygen atoms in total. The van der Waals surface area contributed by atoms with Gasteiger partial charge in [0.25, 0.3) is 0 Å². The van der Waals surface area contributed by atoms with Crippen LogP contribution >= 0.6 is 0 Å². The molecule has 0 aromatic rings. The number of ether oxygens (including phenoxy) is 1. The molecule has 0 spiro atoms. The van der Waals surface area contributed by atoms with Crippen molar-refractivity contribution in [3.8, 4) is 0 Å². The summed E-state index contributed by atoms with van der Waals surface area (Å²) in [7, 11) is 0. The van der Waals surface area contributed by atoms with Crippen LogP contribution < -0.4 is 0 Å². The van der Waals surface area contributed by atoms with E-state index in [4.69, 9.17) is 4.74 Å². The minimum atomic E-state index is 0.247. The lowest BCUT2D eigenvalue weighted by molar-refractivity contribution is 0.114. The molecule has 0 aromatic heterocycles. The number of fused-ring (bicyclic) bond motifs is 3. The molecule has 1 heteroatoms. The fraction of sp³-hybridized carbons (Fsp3) is 0.867. The quantitative estimate of drug-likeness (QED) is 0.482. The van der Waals surface area contributed by atoms with E-state index in [1.165, 1.54) is 25.7 Å². The summed E-state index contributed by atoms with van der Waals surface area (Å²) in [6, 6.07) is 0. The van der Waals surface area contributed by atoms with E-state index < -0.39 is 0 Å². The van der Waals surface area contributed by atoms with Crippen LogP contribution in [0.25, 0.3) is 0 Å². The van der Waals surface area contributed by atoms with Crippen LogP contribution in [0.1, 0.15) is 53.4 Å². The van der Waals surface area contributed by atoms with Gasteiger partial charge in [0.1, 0.15) is 0 Å². The second-order valence-electron chi connectivity index (χ2n) is 6.77. The second kappa shape index (κ2) is 3.13. The third-order valence-corrected chi connectivity index (χ3v) is 5.56. The van der Waals surface area contributed by atoms with E-state index in [0.29, 0.717) is 23.4 Å². The standard InChI is InChI=1S/C15H24O/c1-10(2)15-9-8-14(4)7-5-6-11(3)12(14)13(15)16-15/h6,10,12-13H,5,7-9H2,1-4H3/t12?,13?,14-,15+/m0/s1. The summed E-state index contributed by atoms with van der Waals surface area (Å²) in [5.74, 6) is 1.38. The molecule has 0 N–H and O–H groups in total. The van der Waals surface area contributed by atoms with E-state index in [1.807, 2.05) is 0 Å². The smallest absolute Gasteiger partial charge is 0.0977 e. The maximum Gasteiger partial charge on any atom is 0.0977 e. The summed E-state index contributed by atoms with van der Waals surface area (Å²) in [5.41, 5.74) is 2.37. The van der Waals surface area contributed by atoms with Crippen molar-refractivity contribution in [2.45, 2.75) is 65.1 Å². The van der Waals surface area contributed by atoms with E-state index in [1.54, 1.807) is 5.57 Å². The van der Waals surface area contributed by atoms with Crippen molar-refractivity contribution in [1.29, 1.82) is 0 Å². The molecule has 1 heterocycles. The van der Waals surface area contributed by atoms with Gasteiger partial charge in [0.05, 0.1) is 11.7 Å². The summed E-state index contributed by atoms with van der Waals surface area (Å²) < 4.78 is 6.19. The van der Waals surface area contributed by atoms with Crippen LogP contribution in [0, 0.1) is 17.3 Å². The van der Waals surface area contributed by atoms with E-state index in [9.17, 15) is 0 Å². The zero-order chi connectivity index (χ0) is 11.6. The van der Waals surface area contributed by atoms with Gasteiger partial charge < -0.3 is 4.74 Å². The molecular formula is C15H24O. The highest BCUT2D eigenvalue weighted by molar-refractivity contribution is 5.26. The Morgan fingerprint density at radius 3 is 2.75 bits per heavy atom. The first-order valence-corrected chi connectivity index (χ1v) is 6.84. The fourth-order valence-electron chi connectivity index (χ4n) is 4.33. The van der Waals surface area contributed by atoms with Gasteiger partial charge in [-0.15, -0.1) is 0 Å². The fourth-order valence-corrected chi connectivity index (χ4v) is 4.33. The van der Waals surface area contributed by atoms with Crippen molar-refractivity contribution >= 4 is 0 Å². The molecule has 0 radical (unpaired) electrons. The summed E-state index contributed by atoms with van der Waals surface area (Å²) in [6.45, 7) is 9.45. The lowest BCUT2D eigenvalue weighted by atomic mass is 9.57. The minimum absolute atomic E-state index is 0.247. The Hall–Kier alpha value is -0.300. The first-order chi connectivity index (χ1) is 7.50. The molecule has 1 saturated carbocycles. The lowest BCUT2D eigenvalue weighted by Gasteiger charge is -2.45. The van der Waals surface area contributed by atoms with E-state index in [-0.39, 0.29) is 5.60 Å². The summed E-state index contributed by atoms with van der Waals surface area (Å²) in [6.07, 6.45) is 8.27. The SMILES string of the molecule is CC1=CCC[C@@]2(C)CC[C@]3(C(C)C)OC3C12. The number of hydrogen-bond donors (Lipinski definition) is 0. The molecular weight excluding hydrogens is 196 g/mol. The van der Waals surface area contributed by atoms with Crippen LogP contribution in [-0.4, -0.2) is 11.7 Å². The number of rotatable bonds is 1. The van der Waals surface area contributed by atoms with Gasteiger partial charge in [-0.2, -0.15) is 0 Å². The van der Waals surface area contributed by atoms with Crippen molar-refractivity contribution in [3.63, 3.8) is 0 Å². The van der Waals surface area contributed by atoms with Crippen LogP contribution in [0.3, 0.4) is 0 Å². The molecule has 90 valence electrons. The van der Waals surface area contributed by atoms with Gasteiger partial charge in [-0.25, -0.2) is 0 Å². The number of epoxide rings is 1. The van der Waals surface area contributed by atoms with Crippen LogP contribution in [0.2, 0.25) is 0 Å². The van der Waals surface area contributed by atoms with Crippen molar-refractivity contribution in [3.05, 3.63) is 11.6 Å². The number of allylic oxidation sites excluding steroid dienone is 1. The Morgan fingerprint density at radius 1 is 1.31 bits per heavy atom. The highest BCUT2D eigenvalue weighted by atomic mass is 16.6. The maximum absolute atomic E-state index is 6.19. The van der Waals surface area contributed by atoms with Crippen molar-refractivity contribution in [1.82, 2.24) is 0 Å². The monoisotopic (exact) mass is 220 g/mol. The zero-order valence-corrected chi connectivity index (χ0v) is 11.0. The molecule has 16 heavy (non-hydrogen) atoms. The Kier molecular flexibility index (Phi) is 2.12. The first-order valence-electron chi connectivity index (χ1n) is 6.84. The van der Waals surface area contributed by atoms with E-state index in [0.717, 1.165) is 0 Å². The molecule has 0 bridgehead atoms. The van der Waals surface area contributed by atoms with Gasteiger partial charge in [-0.3, -0.25) is 0 Å². The van der Waals surface area contributed by atoms with Crippen LogP contribution in [0.5, 0.6) is 0 Å². The van der Waals surface area contributed by atoms with Crippen molar-refractivity contribution < 1.29 is 4.74 Å². The van der Waals surface area contributed by atoms with Crippen molar-refractivity contribution in [2.75, 3.05) is 0 Å². The molecule has 0 amide bonds. The molecule has 1 aliphatic heterocycles. The van der Waals surface area contributed by atoms with E-state index >= 15 is 0 Å². The molecule has 0 aromatic carbocycles. The van der Waals surface area contributed by atoms with Gasteiger partial charge >= 0.3 is 0 Å². The Balaban J connectivity index is 1.94. The maximum atomic E-state index is 6.19. The summed E-state index contributed by atoms with van der Waals surface area (Å²) in [4.78, 5) is 0. The average Bonchev–Trinajstić information content (AvgIpc) is 2.92. The van der Waals surface area contributed by atoms with Crippen molar-refractivity contribution in [2.24, 2.45) is 17.3 Å². The molecule has 3 aliphatic rings. The predicted molar refractivity (Wildman–Crippen MR) is 66.3 cm³/mol. The predicted octanol–water partition coefficient (Wildman–Crippen LogP) is 3.94. The Bertz CT molecular complexity index is 343. The molecule has 2 unspecified atom stereocenters. The Labute approximate surface area is 99.3 Å². The van der Waals surface area contributed by atoms with Gasteiger partial charge in [0, 0.05) is 5.92 Å². The van der Waals surface area contributed by atoms with E-state index in [2.05, 4.69) is 33.8 Å². The summed E-state index contributed by atoms with van der Waals surface area (Å²) in [5, 5.41) is 0. The number of hydrogen-bond acceptors (Lipinski definition) is 1. The van der Waals surface area contributed by atoms with Gasteiger partial charge in [-0.1, -0.05) is 32.4 Å². The molecule has 1 saturated heterocycles. The van der Waals surface area contributed by atoms with Gasteiger partial charge in [-0.05, 0) is 43.9 Å². The normalized spacial score (nSPS) is 50.7. The topological polar surface area (TPSA) is 12.5 Å². The first kappa shape index (κ1) is 10.8. The highest BCUT2D eigenvalue weighted by Gasteiger charge is 2.67. The average molecular weight is 220 g/mol. The molecule has 2 aliphatic carbocycles. The molecule has 3 rings (SSSR count). The lowest BCUT2D eigenvalue weighted by Crippen LogP contribution is -2.44. The second-order valence-corrected chi connectivity index (χ2v) is 6.77. The molecule has 2 fully saturated rings. The highest BCUT2D eigenvalue weighted by Crippen LogP contribution is 2.64. The zero-order valence-electron chi connectivity index (χ0n) is 11.0. The van der Waals surface area contributed by atoms with Gasteiger partial charge in [0.2, 0.25) is 0 Å². The van der Waals surface area contributed by atoms with Crippen LogP contribution in [0.4, 0.5) is 0 Å². The largest absolute Gasteiger partial charge is 0.365 e. The molecule has 4 atom stereocenters. The summed E-state index contributed by atoms with van der Waals surface area (Å²) >= 11 is 0. The Morgan fingerprint density at radius 2 is 2.06 bits per heavy atom. The van der Waals surface area contributed by atoms with Gasteiger partial charge in [0.15, 0.2) is 0 Å². The third-order valence-electron chi connectivity index (χ3n) is 5.56. The van der Waals surface area contributed by atoms with Crippen LogP contribution in [0.15, 0.2) is 11.6 Å². The minimum Gasteiger partial charge on any atom is -0.365 e. The van der Waals surface area contributed by atoms with Crippen LogP contribution in [-0.2, 0) is 4.74 Å².